The summed E-state index contributed by atoms with van der Waals surface area (Å²) in [7, 11) is -2.06. The van der Waals surface area contributed by atoms with Gasteiger partial charge in [0.15, 0.2) is 0 Å². The van der Waals surface area contributed by atoms with E-state index in [0.717, 1.165) is 31.4 Å². The van der Waals surface area contributed by atoms with Crippen LogP contribution in [0.3, 0.4) is 0 Å². The molecular weight excluding hydrogens is 276 g/mol. The molecule has 1 heterocycles. The van der Waals surface area contributed by atoms with Crippen molar-refractivity contribution in [1.82, 2.24) is 10.0 Å². The first kappa shape index (κ1) is 15.3. The van der Waals surface area contributed by atoms with E-state index < -0.39 is 10.0 Å². The largest absolute Gasteiger partial charge is 0.495 e. The zero-order valence-electron chi connectivity index (χ0n) is 12.0. The molecular formula is C14H22N2O3S. The van der Waals surface area contributed by atoms with Crippen LogP contribution in [-0.2, 0) is 10.0 Å². The predicted octanol–water partition coefficient (Wildman–Crippen LogP) is 1.42. The molecule has 6 heteroatoms. The van der Waals surface area contributed by atoms with Crippen LogP contribution in [0.1, 0.15) is 24.8 Å². The van der Waals surface area contributed by atoms with E-state index in [2.05, 4.69) is 10.0 Å². The first-order chi connectivity index (χ1) is 9.53. The van der Waals surface area contributed by atoms with Gasteiger partial charge in [-0.2, -0.15) is 0 Å². The van der Waals surface area contributed by atoms with Crippen molar-refractivity contribution in [2.45, 2.75) is 37.1 Å². The molecule has 1 aromatic rings. The maximum Gasteiger partial charge on any atom is 0.244 e. The second-order valence-corrected chi connectivity index (χ2v) is 6.89. The Kier molecular flexibility index (Phi) is 5.01. The highest BCUT2D eigenvalue weighted by Gasteiger charge is 2.21. The fourth-order valence-corrected chi connectivity index (χ4v) is 3.71. The summed E-state index contributed by atoms with van der Waals surface area (Å²) in [4.78, 5) is 0.204. The molecule has 0 saturated carbocycles. The molecule has 1 unspecified atom stereocenters. The third-order valence-electron chi connectivity index (χ3n) is 3.54. The molecule has 2 rings (SSSR count). The standard InChI is InChI=1S/C14H22N2O3S/c1-11-6-7-13(19-2)14(9-11)20(17,18)16-10-12-5-3-4-8-15-12/h6-7,9,12,15-16H,3-5,8,10H2,1-2H3. The number of nitrogens with one attached hydrogen (secondary N) is 2. The van der Waals surface area contributed by atoms with Crippen LogP contribution in [0.5, 0.6) is 5.75 Å². The quantitative estimate of drug-likeness (QED) is 0.863. The van der Waals surface area contributed by atoms with Crippen molar-refractivity contribution in [2.75, 3.05) is 20.2 Å². The van der Waals surface area contributed by atoms with Crippen molar-refractivity contribution in [3.63, 3.8) is 0 Å². The van der Waals surface area contributed by atoms with Gasteiger partial charge in [0, 0.05) is 12.6 Å². The second-order valence-electron chi connectivity index (χ2n) is 5.15. The number of rotatable bonds is 5. The van der Waals surface area contributed by atoms with Gasteiger partial charge in [0.2, 0.25) is 10.0 Å². The summed E-state index contributed by atoms with van der Waals surface area (Å²) >= 11 is 0. The average Bonchev–Trinajstić information content (AvgIpc) is 2.46. The Morgan fingerprint density at radius 3 is 2.85 bits per heavy atom. The Bertz CT molecular complexity index is 552. The number of aryl methyl sites for hydroxylation is 1. The summed E-state index contributed by atoms with van der Waals surface area (Å²) < 4.78 is 32.6. The Balaban J connectivity index is 2.11. The topological polar surface area (TPSA) is 67.4 Å². The van der Waals surface area contributed by atoms with Crippen molar-refractivity contribution in [3.05, 3.63) is 23.8 Å². The van der Waals surface area contributed by atoms with Gasteiger partial charge in [-0.1, -0.05) is 12.5 Å². The van der Waals surface area contributed by atoms with Crippen molar-refractivity contribution in [2.24, 2.45) is 0 Å². The molecule has 1 aliphatic heterocycles. The highest BCUT2D eigenvalue weighted by Crippen LogP contribution is 2.24. The minimum atomic E-state index is -3.54. The van der Waals surface area contributed by atoms with E-state index in [0.29, 0.717) is 12.3 Å². The summed E-state index contributed by atoms with van der Waals surface area (Å²) in [6.45, 7) is 3.24. The number of piperidine rings is 1. The lowest BCUT2D eigenvalue weighted by molar-refractivity contribution is 0.394. The van der Waals surface area contributed by atoms with E-state index in [9.17, 15) is 8.42 Å². The van der Waals surface area contributed by atoms with Crippen LogP contribution in [0.15, 0.2) is 23.1 Å². The molecule has 2 N–H and O–H groups in total. The maximum atomic E-state index is 12.4. The van der Waals surface area contributed by atoms with E-state index >= 15 is 0 Å². The summed E-state index contributed by atoms with van der Waals surface area (Å²) in [5.41, 5.74) is 0.891. The van der Waals surface area contributed by atoms with Gasteiger partial charge in [-0.25, -0.2) is 13.1 Å². The first-order valence-electron chi connectivity index (χ1n) is 6.90. The molecule has 0 amide bonds. The van der Waals surface area contributed by atoms with Crippen LogP contribution in [0.2, 0.25) is 0 Å². The summed E-state index contributed by atoms with van der Waals surface area (Å²) in [6.07, 6.45) is 3.32. The molecule has 0 radical (unpaired) electrons. The molecule has 112 valence electrons. The lowest BCUT2D eigenvalue weighted by Gasteiger charge is -2.23. The fraction of sp³-hybridized carbons (Fsp3) is 0.571. The van der Waals surface area contributed by atoms with Crippen LogP contribution in [0, 0.1) is 6.92 Å². The molecule has 20 heavy (non-hydrogen) atoms. The number of methoxy groups -OCH3 is 1. The van der Waals surface area contributed by atoms with Gasteiger partial charge in [0.05, 0.1) is 7.11 Å². The molecule has 1 atom stereocenters. The minimum absolute atomic E-state index is 0.204. The van der Waals surface area contributed by atoms with Gasteiger partial charge in [-0.3, -0.25) is 0 Å². The van der Waals surface area contributed by atoms with E-state index in [1.54, 1.807) is 12.1 Å². The zero-order valence-corrected chi connectivity index (χ0v) is 12.8. The van der Waals surface area contributed by atoms with E-state index in [1.807, 2.05) is 13.0 Å². The second kappa shape index (κ2) is 6.56. The van der Waals surface area contributed by atoms with Crippen molar-refractivity contribution in [1.29, 1.82) is 0 Å². The van der Waals surface area contributed by atoms with E-state index in [1.165, 1.54) is 7.11 Å². The lowest BCUT2D eigenvalue weighted by Crippen LogP contribution is -2.43. The first-order valence-corrected chi connectivity index (χ1v) is 8.39. The van der Waals surface area contributed by atoms with E-state index in [-0.39, 0.29) is 10.9 Å². The highest BCUT2D eigenvalue weighted by atomic mass is 32.2. The van der Waals surface area contributed by atoms with Crippen molar-refractivity contribution in [3.8, 4) is 5.75 Å². The van der Waals surface area contributed by atoms with Gasteiger partial charge in [0.25, 0.3) is 0 Å². The maximum absolute atomic E-state index is 12.4. The Morgan fingerprint density at radius 2 is 2.20 bits per heavy atom. The number of ether oxygens (including phenoxy) is 1. The molecule has 0 bridgehead atoms. The molecule has 1 aliphatic rings. The van der Waals surface area contributed by atoms with Crippen LogP contribution in [0.25, 0.3) is 0 Å². The molecule has 1 saturated heterocycles. The fourth-order valence-electron chi connectivity index (χ4n) is 2.38. The summed E-state index contributed by atoms with van der Waals surface area (Å²) in [6, 6.07) is 5.37. The zero-order chi connectivity index (χ0) is 14.6. The van der Waals surface area contributed by atoms with Crippen LogP contribution in [0.4, 0.5) is 0 Å². The highest BCUT2D eigenvalue weighted by molar-refractivity contribution is 7.89. The van der Waals surface area contributed by atoms with Crippen LogP contribution >= 0.6 is 0 Å². The van der Waals surface area contributed by atoms with Gasteiger partial charge in [0.1, 0.15) is 10.6 Å². The molecule has 1 fully saturated rings. The molecule has 0 spiro atoms. The number of hydrogen-bond acceptors (Lipinski definition) is 4. The summed E-state index contributed by atoms with van der Waals surface area (Å²) in [5.74, 6) is 0.375. The van der Waals surface area contributed by atoms with Gasteiger partial charge in [-0.15, -0.1) is 0 Å². The Hall–Kier alpha value is -1.11. The summed E-state index contributed by atoms with van der Waals surface area (Å²) in [5, 5.41) is 3.32. The number of sulfonamides is 1. The van der Waals surface area contributed by atoms with Crippen LogP contribution < -0.4 is 14.8 Å². The number of benzene rings is 1. The molecule has 0 aromatic heterocycles. The lowest BCUT2D eigenvalue weighted by atomic mass is 10.1. The van der Waals surface area contributed by atoms with Crippen molar-refractivity contribution >= 4 is 10.0 Å². The normalized spacial score (nSPS) is 19.8. The minimum Gasteiger partial charge on any atom is -0.495 e. The molecule has 1 aromatic carbocycles. The Labute approximate surface area is 120 Å². The average molecular weight is 298 g/mol. The predicted molar refractivity (Wildman–Crippen MR) is 78.6 cm³/mol. The van der Waals surface area contributed by atoms with Crippen molar-refractivity contribution < 1.29 is 13.2 Å². The van der Waals surface area contributed by atoms with Crippen LogP contribution in [-0.4, -0.2) is 34.7 Å². The third-order valence-corrected chi connectivity index (χ3v) is 4.99. The van der Waals surface area contributed by atoms with Gasteiger partial charge in [-0.05, 0) is 44.0 Å². The van der Waals surface area contributed by atoms with Gasteiger partial charge < -0.3 is 10.1 Å². The van der Waals surface area contributed by atoms with E-state index in [4.69, 9.17) is 4.74 Å². The monoisotopic (exact) mass is 298 g/mol. The third kappa shape index (κ3) is 3.71. The number of hydrogen-bond donors (Lipinski definition) is 2. The molecule has 0 aliphatic carbocycles. The smallest absolute Gasteiger partial charge is 0.244 e. The van der Waals surface area contributed by atoms with Gasteiger partial charge >= 0.3 is 0 Å². The Morgan fingerprint density at radius 1 is 1.40 bits per heavy atom. The SMILES string of the molecule is COc1ccc(C)cc1S(=O)(=O)NCC1CCCCN1. The molecule has 5 nitrogen and oxygen atoms in total.